The maximum Gasteiger partial charge on any atom is 0.419 e. The van der Waals surface area contributed by atoms with E-state index < -0.39 is 153 Å². The highest BCUT2D eigenvalue weighted by Gasteiger charge is 2.42. The molecule has 2 fully saturated rings. The van der Waals surface area contributed by atoms with Crippen molar-refractivity contribution in [2.24, 2.45) is 17.6 Å². The van der Waals surface area contributed by atoms with Crippen molar-refractivity contribution in [3.8, 4) is 22.3 Å². The molecule has 15 nitrogen and oxygen atoms in total. The zero-order chi connectivity index (χ0) is 78.7. The number of carboxylic acids is 1. The molecular weight excluding hydrogens is 1420 g/mol. The van der Waals surface area contributed by atoms with Crippen LogP contribution in [-0.4, -0.2) is 114 Å². The zero-order valence-electron chi connectivity index (χ0n) is 59.3. The van der Waals surface area contributed by atoms with Crippen LogP contribution in [0.25, 0.3) is 22.3 Å². The predicted molar refractivity (Wildman–Crippen MR) is 359 cm³/mol. The van der Waals surface area contributed by atoms with Gasteiger partial charge < -0.3 is 44.6 Å². The van der Waals surface area contributed by atoms with Crippen LogP contribution in [0.15, 0.2) is 82.6 Å². The van der Waals surface area contributed by atoms with Crippen molar-refractivity contribution >= 4 is 23.4 Å². The number of likely N-dealkylation sites (tertiary alicyclic amines) is 2. The Bertz CT molecular complexity index is 4170. The number of aryl methyl sites for hydroxylation is 4. The minimum atomic E-state index is -5.23. The van der Waals surface area contributed by atoms with E-state index in [9.17, 15) is 99.7 Å². The van der Waals surface area contributed by atoms with Crippen LogP contribution in [0.3, 0.4) is 0 Å². The number of nitrogens with two attached hydrogens (primary N) is 1. The van der Waals surface area contributed by atoms with Crippen LogP contribution in [0.2, 0.25) is 0 Å². The molecule has 0 aliphatic carbocycles. The number of aliphatic carboxylic acids is 1. The molecule has 1 amide bonds. The van der Waals surface area contributed by atoms with E-state index in [1.165, 1.54) is 46.3 Å². The van der Waals surface area contributed by atoms with Crippen molar-refractivity contribution in [1.29, 1.82) is 0 Å². The largest absolute Gasteiger partial charge is 0.480 e. The molecule has 8 rings (SSSR count). The maximum absolute atomic E-state index is 16.0. The molecule has 2 aliphatic heterocycles. The summed E-state index contributed by atoms with van der Waals surface area (Å²) in [5, 5.41) is 11.8. The Balaban J connectivity index is 0.000000273. The number of carboxylic acid groups (broad SMARTS) is 1. The molecule has 4 N–H and O–H groups in total. The standard InChI is InChI=1S/C37H41F8N3O4.C20H20F5NO2.C17H23F3N2O3/c1-20(2)11-31(48-18-23(7-10-47-8-6-9-47)28(17-32(48)50)36(40,41)42)35(51)46-30(16-26(49)19-52-5)27-14-24(15-29(34(27)39)37(43,44)45)33-21(3)12-25(38)13-22(33)4;1-10-4-13(21)5-11(2)18(10)12-6-15(17(26)8-14(27)9-28-3)19(22)16(7-12)20(23,24)25;1-11(2)8-14(16(24)25)22-10-12(4-7-21-5-3-6-21)13(9-15(22)23)17(18,19)20/h12-15,17-18,20,30-31H,6-11,16,19H2,1-5H3,(H,46,51);4-7,17H,8-9,26H2,1-3H3;9-11,14H,3-8H2,1-2H3,(H,24,25)/t30-,31?;17-;/m00./s1. The minimum absolute atomic E-state index is 0.0140. The van der Waals surface area contributed by atoms with Crippen LogP contribution in [-0.2, 0) is 66.2 Å². The Morgan fingerprint density at radius 2 is 0.867 bits per heavy atom. The highest BCUT2D eigenvalue weighted by Crippen LogP contribution is 2.43. The first-order valence-electron chi connectivity index (χ1n) is 33.5. The Hall–Kier alpha value is -8.26. The van der Waals surface area contributed by atoms with Gasteiger partial charge in [-0.1, -0.05) is 27.7 Å². The van der Waals surface area contributed by atoms with Crippen LogP contribution < -0.4 is 22.2 Å². The number of amides is 1. The van der Waals surface area contributed by atoms with E-state index in [1.54, 1.807) is 41.5 Å². The van der Waals surface area contributed by atoms with E-state index in [-0.39, 0.29) is 96.0 Å². The number of pyridine rings is 2. The summed E-state index contributed by atoms with van der Waals surface area (Å²) >= 11 is 0. The minimum Gasteiger partial charge on any atom is -0.480 e. The summed E-state index contributed by atoms with van der Waals surface area (Å²) in [5.41, 5.74) is -1.30. The Morgan fingerprint density at radius 1 is 0.514 bits per heavy atom. The number of nitrogens with one attached hydrogen (secondary N) is 1. The summed E-state index contributed by atoms with van der Waals surface area (Å²) in [4.78, 5) is 79.7. The Labute approximate surface area is 595 Å². The summed E-state index contributed by atoms with van der Waals surface area (Å²) in [6.07, 6.45) is -16.7. The van der Waals surface area contributed by atoms with E-state index >= 15 is 4.39 Å². The topological polar surface area (TPSA) is 196 Å². The summed E-state index contributed by atoms with van der Waals surface area (Å²) in [6, 6.07) is 3.26. The number of hydrogen-bond acceptors (Lipinski definition) is 11. The number of rotatable bonds is 27. The van der Waals surface area contributed by atoms with E-state index in [4.69, 9.17) is 10.5 Å². The van der Waals surface area contributed by atoms with Gasteiger partial charge in [0.05, 0.1) is 28.3 Å². The summed E-state index contributed by atoms with van der Waals surface area (Å²) in [6.45, 7) is 16.0. The molecule has 2 unspecified atom stereocenters. The van der Waals surface area contributed by atoms with Crippen molar-refractivity contribution < 1.29 is 104 Å². The third-order valence-electron chi connectivity index (χ3n) is 17.8. The van der Waals surface area contributed by atoms with Crippen molar-refractivity contribution in [1.82, 2.24) is 24.3 Å². The molecule has 6 aromatic rings. The van der Waals surface area contributed by atoms with Crippen LogP contribution in [0, 0.1) is 62.8 Å². The second-order valence-electron chi connectivity index (χ2n) is 27.1. The molecule has 31 heteroatoms. The summed E-state index contributed by atoms with van der Waals surface area (Å²) in [5.74, 6) is -8.26. The van der Waals surface area contributed by atoms with Gasteiger partial charge in [-0.25, -0.2) is 22.4 Å². The van der Waals surface area contributed by atoms with Gasteiger partial charge in [-0.15, -0.1) is 0 Å². The third-order valence-corrected chi connectivity index (χ3v) is 17.8. The average molecular weight is 1510 g/mol. The second-order valence-corrected chi connectivity index (χ2v) is 27.1. The fourth-order valence-electron chi connectivity index (χ4n) is 12.7. The molecule has 4 aromatic carbocycles. The molecule has 2 aliphatic rings. The molecular formula is C74H84F16N6O9. The number of ether oxygens (including phenoxy) is 2. The number of carbonyl (C=O) groups is 4. The third kappa shape index (κ3) is 22.9. The molecule has 4 atom stereocenters. The van der Waals surface area contributed by atoms with Gasteiger partial charge in [-0.05, 0) is 208 Å². The monoisotopic (exact) mass is 1500 g/mol. The number of methoxy groups -OCH3 is 2. The number of nitrogens with zero attached hydrogens (tertiary/aromatic N) is 4. The van der Waals surface area contributed by atoms with Crippen molar-refractivity contribution in [2.45, 2.75) is 156 Å². The van der Waals surface area contributed by atoms with Gasteiger partial charge in [0.25, 0.3) is 11.1 Å². The number of alkyl halides is 12. The SMILES string of the molecule is CC(C)CC(C(=O)O)n1cc(CCN2CCC2)c(C(F)(F)F)cc1=O.COCC(=O)C[C@H](N)c1cc(-c2c(C)cc(F)cc2C)cc(C(F)(F)F)c1F.COCC(=O)C[C@H](NC(=O)C(CC(C)C)n1cc(CCN2CCC2)c(C(F)(F)F)cc1=O)c1cc(-c2c(C)cc(F)cc2C)cc(C(F)(F)F)c1F. The predicted octanol–water partition coefficient (Wildman–Crippen LogP) is 15.4. The number of ketones is 2. The van der Waals surface area contributed by atoms with Crippen LogP contribution in [0.5, 0.6) is 0 Å². The highest BCUT2D eigenvalue weighted by atomic mass is 19.4. The smallest absolute Gasteiger partial charge is 0.419 e. The van der Waals surface area contributed by atoms with Gasteiger partial charge in [-0.3, -0.25) is 24.0 Å². The molecule has 0 saturated carbocycles. The Kier molecular flexibility index (Phi) is 29.3. The van der Waals surface area contributed by atoms with Crippen molar-refractivity contribution in [3.63, 3.8) is 0 Å². The number of Topliss-reactive ketones (excluding diaryl/α,β-unsaturated/α-hetero) is 2. The van der Waals surface area contributed by atoms with Gasteiger partial charge in [0.2, 0.25) is 5.91 Å². The van der Waals surface area contributed by atoms with Crippen LogP contribution >= 0.6 is 0 Å². The Morgan fingerprint density at radius 3 is 1.21 bits per heavy atom. The van der Waals surface area contributed by atoms with Crippen molar-refractivity contribution in [2.75, 3.05) is 66.7 Å². The molecule has 576 valence electrons. The van der Waals surface area contributed by atoms with Crippen LogP contribution in [0.1, 0.15) is 157 Å². The maximum atomic E-state index is 16.0. The average Bonchev–Trinajstić information content (AvgIpc) is 0.776. The molecule has 0 radical (unpaired) electrons. The van der Waals surface area contributed by atoms with Gasteiger partial charge >= 0.3 is 30.7 Å². The van der Waals surface area contributed by atoms with E-state index in [0.717, 1.165) is 65.7 Å². The quantitative estimate of drug-likeness (QED) is 0.0414. The first kappa shape index (κ1) is 85.7. The fourth-order valence-corrected chi connectivity index (χ4v) is 12.7. The molecule has 4 heterocycles. The lowest BCUT2D eigenvalue weighted by molar-refractivity contribution is -0.142. The van der Waals surface area contributed by atoms with Gasteiger partial charge in [0.1, 0.15) is 48.6 Å². The highest BCUT2D eigenvalue weighted by molar-refractivity contribution is 5.85. The summed E-state index contributed by atoms with van der Waals surface area (Å²) in [7, 11) is 2.47. The van der Waals surface area contributed by atoms with Crippen molar-refractivity contribution in [3.05, 3.63) is 184 Å². The van der Waals surface area contributed by atoms with Gasteiger partial charge in [0, 0.05) is 81.8 Å². The van der Waals surface area contributed by atoms with E-state index in [0.29, 0.717) is 60.6 Å². The first-order chi connectivity index (χ1) is 48.7. The lowest BCUT2D eigenvalue weighted by atomic mass is 9.89. The van der Waals surface area contributed by atoms with Crippen LogP contribution in [0.4, 0.5) is 70.2 Å². The second kappa shape index (κ2) is 35.9. The number of hydrogen-bond donors (Lipinski definition) is 3. The number of carbonyl (C=O) groups excluding carboxylic acids is 3. The normalized spacial score (nSPS) is 14.9. The zero-order valence-corrected chi connectivity index (χ0v) is 59.3. The van der Waals surface area contributed by atoms with Gasteiger partial charge in [-0.2, -0.15) is 52.7 Å². The van der Waals surface area contributed by atoms with E-state index in [2.05, 4.69) is 10.1 Å². The molecule has 2 saturated heterocycles. The summed E-state index contributed by atoms with van der Waals surface area (Å²) < 4.78 is 235. The number of halogens is 16. The number of benzene rings is 4. The van der Waals surface area contributed by atoms with Gasteiger partial charge in [0.15, 0.2) is 11.6 Å². The number of aromatic nitrogens is 2. The fraction of sp³-hybridized carbons (Fsp3) is 0.486. The lowest BCUT2D eigenvalue weighted by Crippen LogP contribution is -2.41. The lowest BCUT2D eigenvalue weighted by Gasteiger charge is -2.31. The molecule has 105 heavy (non-hydrogen) atoms. The first-order valence-corrected chi connectivity index (χ1v) is 33.5. The molecule has 0 spiro atoms. The molecule has 2 aromatic heterocycles. The van der Waals surface area contributed by atoms with E-state index in [1.807, 2.05) is 9.80 Å². The molecule has 0 bridgehead atoms.